The molecule has 0 radical (unpaired) electrons. The van der Waals surface area contributed by atoms with Gasteiger partial charge in [0, 0.05) is 113 Å². The van der Waals surface area contributed by atoms with E-state index in [2.05, 4.69) is 50.9 Å². The summed E-state index contributed by atoms with van der Waals surface area (Å²) in [7, 11) is 0. The van der Waals surface area contributed by atoms with Gasteiger partial charge in [-0.25, -0.2) is 0 Å². The standard InChI is InChI=1S/C63H102N8O8S8/c1-2-26-71-56-59-18-16-58(17-19-59)55-66-79-34-9-42-83-46-13-50-84-51-21-60(73)68(30-20-57-14-4-3-5-15-57)27-6-39-80-43-10-47-85-52-22-61(74)69(31-33-72)28-7-40-81-44-11-48-86-53-23-62(75)70(32-36-78-38-37-77-35-25-65-67-64)29-8-41-82-45-12-49-87-54-24-63(71)76/h2-5,14-19,55,72H,1,6-13,20-54,56H2/b66-55-. The summed E-state index contributed by atoms with van der Waals surface area (Å²) in [6.45, 7) is 11.1. The molecule has 0 atom stereocenters. The van der Waals surface area contributed by atoms with E-state index < -0.39 is 0 Å². The Kier molecular flexibility index (Phi) is 52.0. The lowest BCUT2D eigenvalue weighted by molar-refractivity contribution is -0.132. The Hall–Kier alpha value is -2.48. The number of hydrogen-bond acceptors (Lipinski definition) is 18. The van der Waals surface area contributed by atoms with E-state index in [-0.39, 0.29) is 36.8 Å². The number of ether oxygens (including phenoxy) is 2. The Bertz CT molecular complexity index is 2140. The summed E-state index contributed by atoms with van der Waals surface area (Å²) in [6, 6.07) is 18.5. The monoisotopic (exact) mass is 1350 g/mol. The third-order valence-electron chi connectivity index (χ3n) is 13.4. The highest BCUT2D eigenvalue weighted by Gasteiger charge is 2.17. The van der Waals surface area contributed by atoms with Crippen LogP contribution in [0.2, 0.25) is 0 Å². The first-order valence-electron chi connectivity index (χ1n) is 31.2. The summed E-state index contributed by atoms with van der Waals surface area (Å²) in [5.41, 5.74) is 11.7. The average molecular weight is 1360 g/mol. The lowest BCUT2D eigenvalue weighted by atomic mass is 10.1. The van der Waals surface area contributed by atoms with Crippen molar-refractivity contribution >= 4 is 124 Å². The molecule has 0 fully saturated rings. The fourth-order valence-electron chi connectivity index (χ4n) is 8.69. The summed E-state index contributed by atoms with van der Waals surface area (Å²) in [5.74, 6) is 16.1. The Morgan fingerprint density at radius 2 is 0.977 bits per heavy atom. The molecular weight excluding hydrogens is 1250 g/mol. The SMILES string of the molecule is C=CCN1Cc2ccc(cc2)/C=N\OCCCSCCCSCCC(=O)N(CCc2ccccc2)CCCSCCCSCCC(=O)N(CCO)CCCSCCCSCCC(=O)N(CCOCCOCCN=[N+]=[N-])CCCSCCCSCCC1=O. The highest BCUT2D eigenvalue weighted by Crippen LogP contribution is 2.18. The molecule has 1 N–H and O–H groups in total. The van der Waals surface area contributed by atoms with Gasteiger partial charge in [-0.3, -0.25) is 19.2 Å². The second-order valence-electron chi connectivity index (χ2n) is 20.4. The van der Waals surface area contributed by atoms with Crippen LogP contribution in [0.15, 0.2) is 77.5 Å². The van der Waals surface area contributed by atoms with E-state index >= 15 is 0 Å². The molecule has 2 aliphatic heterocycles. The number of carbonyl (C=O) groups excluding carboxylic acids is 4. The van der Waals surface area contributed by atoms with E-state index in [1.807, 2.05) is 139 Å². The van der Waals surface area contributed by atoms with Crippen LogP contribution in [0.5, 0.6) is 0 Å². The predicted octanol–water partition coefficient (Wildman–Crippen LogP) is 12.2. The third kappa shape index (κ3) is 43.8. The number of oxime groups is 1. The Morgan fingerprint density at radius 3 is 1.46 bits per heavy atom. The molecule has 2 aromatic rings. The van der Waals surface area contributed by atoms with Crippen LogP contribution in [0.4, 0.5) is 0 Å². The van der Waals surface area contributed by atoms with E-state index in [1.54, 1.807) is 12.3 Å². The number of hydrogen-bond donors (Lipinski definition) is 1. The van der Waals surface area contributed by atoms with Crippen molar-refractivity contribution in [2.24, 2.45) is 10.3 Å². The number of aliphatic hydroxyl groups excluding tert-OH is 1. The highest BCUT2D eigenvalue weighted by atomic mass is 32.2. The van der Waals surface area contributed by atoms with Gasteiger partial charge in [-0.2, -0.15) is 94.1 Å². The zero-order valence-electron chi connectivity index (χ0n) is 51.8. The van der Waals surface area contributed by atoms with E-state index in [1.165, 1.54) is 5.56 Å². The van der Waals surface area contributed by atoms with Gasteiger partial charge in [-0.1, -0.05) is 70.9 Å². The Labute approximate surface area is 556 Å². The van der Waals surface area contributed by atoms with E-state index in [0.717, 1.165) is 174 Å². The zero-order valence-corrected chi connectivity index (χ0v) is 58.4. The van der Waals surface area contributed by atoms with Gasteiger partial charge >= 0.3 is 0 Å². The first-order chi connectivity index (χ1) is 42.8. The second kappa shape index (κ2) is 57.4. The van der Waals surface area contributed by atoms with Gasteiger partial charge in [-0.05, 0) is 149 Å². The molecule has 0 spiro atoms. The molecule has 0 saturated carbocycles. The van der Waals surface area contributed by atoms with Crippen molar-refractivity contribution < 1.29 is 38.6 Å². The quantitative estimate of drug-likeness (QED) is 0.0548. The highest BCUT2D eigenvalue weighted by molar-refractivity contribution is 8.01. The number of rotatable bonds is 16. The average Bonchev–Trinajstić information content (AvgIpc) is 3.74. The molecule has 24 heteroatoms. The third-order valence-corrected chi connectivity index (χ3v) is 22.3. The minimum Gasteiger partial charge on any atom is -0.396 e. The van der Waals surface area contributed by atoms with Gasteiger partial charge in [0.15, 0.2) is 0 Å². The van der Waals surface area contributed by atoms with Gasteiger partial charge in [-0.15, -0.1) is 6.58 Å². The van der Waals surface area contributed by atoms with Gasteiger partial charge in [0.2, 0.25) is 23.6 Å². The van der Waals surface area contributed by atoms with Crippen molar-refractivity contribution in [1.29, 1.82) is 0 Å². The van der Waals surface area contributed by atoms with Crippen LogP contribution in [0.1, 0.15) is 93.7 Å². The molecule has 490 valence electrons. The first-order valence-corrected chi connectivity index (χ1v) is 40.5. The van der Waals surface area contributed by atoms with E-state index in [0.29, 0.717) is 98.0 Å². The summed E-state index contributed by atoms with van der Waals surface area (Å²) < 4.78 is 11.2. The van der Waals surface area contributed by atoms with Crippen LogP contribution in [0.25, 0.3) is 10.4 Å². The van der Waals surface area contributed by atoms with Gasteiger partial charge in [0.05, 0.1) is 39.2 Å². The maximum absolute atomic E-state index is 13.5. The van der Waals surface area contributed by atoms with Crippen molar-refractivity contribution in [3.63, 3.8) is 0 Å². The molecular formula is C63H102N8O8S8. The Morgan fingerprint density at radius 1 is 0.540 bits per heavy atom. The van der Waals surface area contributed by atoms with Crippen molar-refractivity contribution in [2.75, 3.05) is 184 Å². The number of azide groups is 1. The molecule has 0 saturated heterocycles. The number of thioether (sulfide) groups is 8. The summed E-state index contributed by atoms with van der Waals surface area (Å²) in [4.78, 5) is 69.3. The normalized spacial score (nSPS) is 19.2. The topological polar surface area (TPSA) is 190 Å². The van der Waals surface area contributed by atoms with Crippen LogP contribution < -0.4 is 0 Å². The first kappa shape index (κ1) is 78.8. The van der Waals surface area contributed by atoms with Crippen molar-refractivity contribution in [1.82, 2.24) is 19.6 Å². The minimum atomic E-state index is -0.0304. The lowest BCUT2D eigenvalue weighted by Gasteiger charge is -2.23. The molecule has 2 heterocycles. The fourth-order valence-corrected chi connectivity index (χ4v) is 16.4. The van der Waals surface area contributed by atoms with Gasteiger partial charge < -0.3 is 39.0 Å². The maximum Gasteiger partial charge on any atom is 0.223 e. The molecule has 2 bridgehead atoms. The van der Waals surface area contributed by atoms with Crippen LogP contribution in [0, 0.1) is 0 Å². The minimum absolute atomic E-state index is 0.0304. The number of aliphatic hydroxyl groups is 1. The molecule has 87 heavy (non-hydrogen) atoms. The van der Waals surface area contributed by atoms with E-state index in [9.17, 15) is 24.3 Å². The number of nitrogens with zero attached hydrogens (tertiary/aromatic N) is 8. The van der Waals surface area contributed by atoms with Crippen molar-refractivity contribution in [3.05, 3.63) is 94.4 Å². The molecule has 0 aliphatic carbocycles. The Balaban J connectivity index is 1.47. The smallest absolute Gasteiger partial charge is 0.223 e. The molecule has 4 rings (SSSR count). The fraction of sp³-hybridized carbons (Fsp3) is 0.698. The molecule has 4 amide bonds. The molecule has 0 aromatic heterocycles. The van der Waals surface area contributed by atoms with Gasteiger partial charge in [0.1, 0.15) is 6.61 Å². The second-order valence-corrected chi connectivity index (χ2v) is 30.2. The number of fused-ring (bicyclic) bond motifs is 52. The number of amides is 4. The van der Waals surface area contributed by atoms with Crippen molar-refractivity contribution in [2.45, 2.75) is 90.0 Å². The molecule has 16 nitrogen and oxygen atoms in total. The van der Waals surface area contributed by atoms with Crippen LogP contribution >= 0.6 is 94.1 Å². The zero-order chi connectivity index (χ0) is 62.1. The van der Waals surface area contributed by atoms with Gasteiger partial charge in [0.25, 0.3) is 0 Å². The predicted molar refractivity (Wildman–Crippen MR) is 382 cm³/mol. The number of benzene rings is 2. The van der Waals surface area contributed by atoms with Crippen LogP contribution in [0.3, 0.4) is 0 Å². The molecule has 0 unspecified atom stereocenters. The summed E-state index contributed by atoms with van der Waals surface area (Å²) >= 11 is 15.1. The maximum atomic E-state index is 13.5. The lowest BCUT2D eigenvalue weighted by Crippen LogP contribution is -2.35. The summed E-state index contributed by atoms with van der Waals surface area (Å²) in [6.07, 6.45) is 14.4. The van der Waals surface area contributed by atoms with Crippen LogP contribution in [-0.2, 0) is 46.5 Å². The largest absolute Gasteiger partial charge is 0.396 e. The molecule has 2 aliphatic rings. The van der Waals surface area contributed by atoms with E-state index in [4.69, 9.17) is 19.8 Å². The van der Waals surface area contributed by atoms with Crippen molar-refractivity contribution in [3.8, 4) is 0 Å². The summed E-state index contributed by atoms with van der Waals surface area (Å²) in [5, 5.41) is 17.4. The number of carbonyl (C=O) groups is 4. The van der Waals surface area contributed by atoms with Crippen LogP contribution in [-0.4, -0.2) is 239 Å². The molecule has 2 aromatic carbocycles.